The van der Waals surface area contributed by atoms with Crippen LogP contribution in [-0.4, -0.2) is 64.8 Å². The minimum absolute atomic E-state index is 0.0351. The number of hydrogen-bond acceptors (Lipinski definition) is 5. The van der Waals surface area contributed by atoms with Gasteiger partial charge in [-0.25, -0.2) is 4.99 Å². The number of amidine groups is 1. The third-order valence-corrected chi connectivity index (χ3v) is 6.10. The van der Waals surface area contributed by atoms with Crippen molar-refractivity contribution in [3.63, 3.8) is 0 Å². The van der Waals surface area contributed by atoms with Crippen molar-refractivity contribution in [2.45, 2.75) is 6.42 Å². The van der Waals surface area contributed by atoms with Crippen molar-refractivity contribution in [1.82, 2.24) is 14.4 Å². The lowest BCUT2D eigenvalue weighted by molar-refractivity contribution is -0.122. The summed E-state index contributed by atoms with van der Waals surface area (Å²) in [6.45, 7) is 5.15. The molecule has 0 atom stereocenters. The van der Waals surface area contributed by atoms with E-state index in [4.69, 9.17) is 9.73 Å². The van der Waals surface area contributed by atoms with Gasteiger partial charge in [-0.15, -0.1) is 0 Å². The number of aryl methyl sites for hydroxylation is 1. The van der Waals surface area contributed by atoms with Crippen LogP contribution < -0.4 is 0 Å². The number of morpholine rings is 1. The maximum absolute atomic E-state index is 13.1. The van der Waals surface area contributed by atoms with E-state index in [1.165, 1.54) is 11.8 Å². The molecule has 152 valence electrons. The van der Waals surface area contributed by atoms with E-state index in [-0.39, 0.29) is 5.91 Å². The predicted molar refractivity (Wildman–Crippen MR) is 118 cm³/mol. The second-order valence-corrected chi connectivity index (χ2v) is 8.16. The van der Waals surface area contributed by atoms with Gasteiger partial charge in [0.05, 0.1) is 23.8 Å². The van der Waals surface area contributed by atoms with Gasteiger partial charge in [0, 0.05) is 45.1 Å². The highest BCUT2D eigenvalue weighted by molar-refractivity contribution is 8.18. The fraction of sp³-hybridized carbons (Fsp3) is 0.364. The zero-order chi connectivity index (χ0) is 20.1. The molecule has 0 aliphatic carbocycles. The van der Waals surface area contributed by atoms with Gasteiger partial charge in [0.25, 0.3) is 5.91 Å². The molecule has 29 heavy (non-hydrogen) atoms. The summed E-state index contributed by atoms with van der Waals surface area (Å²) < 4.78 is 7.43. The molecule has 0 N–H and O–H groups in total. The number of rotatable bonds is 6. The molecule has 2 aliphatic heterocycles. The second kappa shape index (κ2) is 9.43. The molecule has 1 aromatic carbocycles. The monoisotopic (exact) mass is 410 g/mol. The number of nitrogens with zero attached hydrogens (tertiary/aromatic N) is 4. The molecule has 0 unspecified atom stereocenters. The maximum Gasteiger partial charge on any atom is 0.266 e. The van der Waals surface area contributed by atoms with Crippen molar-refractivity contribution in [2.24, 2.45) is 12.0 Å². The Morgan fingerprint density at radius 2 is 1.90 bits per heavy atom. The average molecular weight is 411 g/mol. The molecule has 1 aromatic heterocycles. The third-order valence-electron chi connectivity index (χ3n) is 5.09. The van der Waals surface area contributed by atoms with Gasteiger partial charge in [0.2, 0.25) is 0 Å². The smallest absolute Gasteiger partial charge is 0.266 e. The Kier molecular flexibility index (Phi) is 6.49. The summed E-state index contributed by atoms with van der Waals surface area (Å²) in [4.78, 5) is 22.8. The SMILES string of the molecule is Cn1cccc1/C=C1\SC(=Nc2ccccc2)N(CCCN2CCOCC2)C1=O. The standard InChI is InChI=1S/C22H26N4O2S/c1-24-10-5-9-19(24)17-20-21(27)26(12-6-11-25-13-15-28-16-14-25)22(29-20)23-18-7-3-2-4-8-18/h2-5,7-10,17H,6,11-16H2,1H3/b20-17-,23-22?. The Bertz CT molecular complexity index is 901. The molecule has 0 radical (unpaired) electrons. The molecule has 2 aromatic rings. The first-order valence-corrected chi connectivity index (χ1v) is 10.8. The largest absolute Gasteiger partial charge is 0.379 e. The molecule has 0 saturated carbocycles. The molecule has 4 rings (SSSR count). The molecule has 1 amide bonds. The summed E-state index contributed by atoms with van der Waals surface area (Å²) in [5.74, 6) is 0.0351. The van der Waals surface area contributed by atoms with Gasteiger partial charge < -0.3 is 9.30 Å². The van der Waals surface area contributed by atoms with E-state index in [0.29, 0.717) is 11.4 Å². The Morgan fingerprint density at radius 3 is 2.62 bits per heavy atom. The number of thioether (sulfide) groups is 1. The Hall–Kier alpha value is -2.35. The van der Waals surface area contributed by atoms with Crippen LogP contribution in [0.2, 0.25) is 0 Å². The van der Waals surface area contributed by atoms with Crippen LogP contribution in [0.4, 0.5) is 5.69 Å². The van der Waals surface area contributed by atoms with Crippen molar-refractivity contribution >= 4 is 34.6 Å². The number of aliphatic imine (C=N–C) groups is 1. The molecular weight excluding hydrogens is 384 g/mol. The number of amides is 1. The predicted octanol–water partition coefficient (Wildman–Crippen LogP) is 3.35. The van der Waals surface area contributed by atoms with E-state index in [1.54, 1.807) is 0 Å². The lowest BCUT2D eigenvalue weighted by Crippen LogP contribution is -2.38. The van der Waals surface area contributed by atoms with Gasteiger partial charge in [0.15, 0.2) is 5.17 Å². The summed E-state index contributed by atoms with van der Waals surface area (Å²) in [6.07, 6.45) is 4.85. The Balaban J connectivity index is 1.51. The fourth-order valence-electron chi connectivity index (χ4n) is 3.44. The van der Waals surface area contributed by atoms with Crippen LogP contribution in [0.3, 0.4) is 0 Å². The van der Waals surface area contributed by atoms with Gasteiger partial charge in [-0.3, -0.25) is 14.6 Å². The summed E-state index contributed by atoms with van der Waals surface area (Å²) in [7, 11) is 1.98. The molecule has 0 spiro atoms. The summed E-state index contributed by atoms with van der Waals surface area (Å²) >= 11 is 1.46. The normalized spacial score (nSPS) is 20.9. The summed E-state index contributed by atoms with van der Waals surface area (Å²) in [5.41, 5.74) is 1.87. The van der Waals surface area contributed by atoms with Gasteiger partial charge in [0.1, 0.15) is 0 Å². The van der Waals surface area contributed by atoms with Gasteiger partial charge in [-0.1, -0.05) is 18.2 Å². The topological polar surface area (TPSA) is 50.1 Å². The van der Waals surface area contributed by atoms with Crippen LogP contribution in [0.5, 0.6) is 0 Å². The first kappa shape index (κ1) is 19.9. The van der Waals surface area contributed by atoms with Crippen LogP contribution in [0, 0.1) is 0 Å². The summed E-state index contributed by atoms with van der Waals surface area (Å²) in [6, 6.07) is 13.8. The molecule has 2 saturated heterocycles. The zero-order valence-corrected chi connectivity index (χ0v) is 17.5. The number of hydrogen-bond donors (Lipinski definition) is 0. The molecule has 6 nitrogen and oxygen atoms in total. The van der Waals surface area contributed by atoms with Crippen molar-refractivity contribution in [3.8, 4) is 0 Å². The zero-order valence-electron chi connectivity index (χ0n) is 16.7. The highest BCUT2D eigenvalue weighted by Gasteiger charge is 2.33. The van der Waals surface area contributed by atoms with Crippen LogP contribution in [0.15, 0.2) is 58.6 Å². The van der Waals surface area contributed by atoms with Crippen molar-refractivity contribution in [3.05, 3.63) is 59.3 Å². The highest BCUT2D eigenvalue weighted by atomic mass is 32.2. The van der Waals surface area contributed by atoms with Crippen LogP contribution in [-0.2, 0) is 16.6 Å². The highest BCUT2D eigenvalue weighted by Crippen LogP contribution is 2.34. The molecular formula is C22H26N4O2S. The lowest BCUT2D eigenvalue weighted by atomic mass is 10.3. The van der Waals surface area contributed by atoms with Crippen molar-refractivity contribution in [1.29, 1.82) is 0 Å². The third kappa shape index (κ3) is 4.98. The van der Waals surface area contributed by atoms with Crippen LogP contribution in [0.1, 0.15) is 12.1 Å². The van der Waals surface area contributed by atoms with Gasteiger partial charge in [-0.05, 0) is 48.5 Å². The summed E-state index contributed by atoms with van der Waals surface area (Å²) in [5, 5.41) is 0.753. The lowest BCUT2D eigenvalue weighted by Gasteiger charge is -2.27. The Morgan fingerprint density at radius 1 is 1.10 bits per heavy atom. The molecule has 2 aliphatic rings. The van der Waals surface area contributed by atoms with E-state index >= 15 is 0 Å². The quantitative estimate of drug-likeness (QED) is 0.686. The number of benzene rings is 1. The van der Waals surface area contributed by atoms with Crippen LogP contribution >= 0.6 is 11.8 Å². The van der Waals surface area contributed by atoms with E-state index in [2.05, 4.69) is 4.90 Å². The first-order chi connectivity index (χ1) is 14.2. The number of para-hydroxylation sites is 1. The van der Waals surface area contributed by atoms with Gasteiger partial charge >= 0.3 is 0 Å². The van der Waals surface area contributed by atoms with Crippen LogP contribution in [0.25, 0.3) is 6.08 Å². The second-order valence-electron chi connectivity index (χ2n) is 7.15. The molecule has 2 fully saturated rings. The number of carbonyl (C=O) groups excluding carboxylic acids is 1. The van der Waals surface area contributed by atoms with E-state index in [0.717, 1.165) is 55.8 Å². The first-order valence-electron chi connectivity index (χ1n) is 9.97. The number of aromatic nitrogens is 1. The van der Waals surface area contributed by atoms with Gasteiger partial charge in [-0.2, -0.15) is 0 Å². The molecule has 3 heterocycles. The molecule has 7 heteroatoms. The number of ether oxygens (including phenoxy) is 1. The molecule has 0 bridgehead atoms. The van der Waals surface area contributed by atoms with E-state index < -0.39 is 0 Å². The minimum atomic E-state index is 0.0351. The maximum atomic E-state index is 13.1. The Labute approximate surface area is 175 Å². The fourth-order valence-corrected chi connectivity index (χ4v) is 4.45. The minimum Gasteiger partial charge on any atom is -0.379 e. The number of carbonyl (C=O) groups is 1. The van der Waals surface area contributed by atoms with E-state index in [1.807, 2.05) is 71.3 Å². The van der Waals surface area contributed by atoms with Crippen molar-refractivity contribution in [2.75, 3.05) is 39.4 Å². The van der Waals surface area contributed by atoms with E-state index in [9.17, 15) is 4.79 Å². The van der Waals surface area contributed by atoms with Crippen molar-refractivity contribution < 1.29 is 9.53 Å². The average Bonchev–Trinajstić information content (AvgIpc) is 3.28.